The van der Waals surface area contributed by atoms with Gasteiger partial charge in [-0.3, -0.25) is 9.59 Å². The third-order valence-electron chi connectivity index (χ3n) is 6.22. The van der Waals surface area contributed by atoms with Crippen molar-refractivity contribution in [2.75, 3.05) is 7.11 Å². The Morgan fingerprint density at radius 1 is 1.17 bits per heavy atom. The molecule has 1 fully saturated rings. The van der Waals surface area contributed by atoms with E-state index in [0.29, 0.717) is 29.9 Å². The average Bonchev–Trinajstić information content (AvgIpc) is 3.37. The van der Waals surface area contributed by atoms with Gasteiger partial charge >= 0.3 is 0 Å². The molecule has 0 bridgehead atoms. The molecule has 5 rings (SSSR count). The number of carbonyl (C=O) groups is 2. The second kappa shape index (κ2) is 7.51. The minimum Gasteiger partial charge on any atom is -0.497 e. The molecule has 0 saturated heterocycles. The zero-order valence-corrected chi connectivity index (χ0v) is 17.3. The summed E-state index contributed by atoms with van der Waals surface area (Å²) in [7, 11) is 1.60. The Morgan fingerprint density at radius 2 is 1.97 bits per heavy atom. The quantitative estimate of drug-likeness (QED) is 0.690. The van der Waals surface area contributed by atoms with E-state index in [4.69, 9.17) is 25.5 Å². The Morgan fingerprint density at radius 3 is 2.67 bits per heavy atom. The van der Waals surface area contributed by atoms with Crippen LogP contribution in [0.25, 0.3) is 0 Å². The molecule has 3 aliphatic rings. The molecular formula is C23H22ClNO5. The Hall–Kier alpha value is -2.73. The molecule has 7 heteroatoms. The van der Waals surface area contributed by atoms with Crippen molar-refractivity contribution in [1.82, 2.24) is 4.90 Å². The molecule has 0 spiro atoms. The van der Waals surface area contributed by atoms with Gasteiger partial charge in [0.05, 0.1) is 37.5 Å². The van der Waals surface area contributed by atoms with Gasteiger partial charge in [-0.15, -0.1) is 11.6 Å². The zero-order valence-electron chi connectivity index (χ0n) is 16.5. The summed E-state index contributed by atoms with van der Waals surface area (Å²) >= 11 is 6.36. The van der Waals surface area contributed by atoms with Crippen molar-refractivity contribution < 1.29 is 23.5 Å². The second-order valence-corrected chi connectivity index (χ2v) is 8.59. The first kappa shape index (κ1) is 19.2. The molecule has 6 nitrogen and oxygen atoms in total. The standard InChI is InChI=1S/C23H22ClNO5/c1-28-15-7-4-13(5-8-15)20-19-21(26)17-11-14(24)6-9-18(17)30-22(19)23(27)25(20)12-16-3-2-10-29-16/h2-5,7-8,10,14,17-18,20H,6,9,11-12H2,1H3. The number of carbonyl (C=O) groups excluding carboxylic acids is 2. The number of fused-ring (bicyclic) bond motifs is 1. The van der Waals surface area contributed by atoms with Gasteiger partial charge in [0.15, 0.2) is 11.5 Å². The van der Waals surface area contributed by atoms with Crippen LogP contribution in [0.4, 0.5) is 0 Å². The SMILES string of the molecule is COc1ccc(C2C3=C(OC4CCC(Cl)CC4C3=O)C(=O)N2Cc2ccco2)cc1. The van der Waals surface area contributed by atoms with Gasteiger partial charge in [0, 0.05) is 5.38 Å². The predicted octanol–water partition coefficient (Wildman–Crippen LogP) is 4.00. The van der Waals surface area contributed by atoms with Crippen LogP contribution >= 0.6 is 11.6 Å². The van der Waals surface area contributed by atoms with E-state index in [0.717, 1.165) is 12.0 Å². The van der Waals surface area contributed by atoms with Gasteiger partial charge < -0.3 is 18.8 Å². The van der Waals surface area contributed by atoms with Crippen molar-refractivity contribution in [2.24, 2.45) is 5.92 Å². The number of hydrogen-bond donors (Lipinski definition) is 0. The number of amides is 1. The van der Waals surface area contributed by atoms with Crippen molar-refractivity contribution in [3.63, 3.8) is 0 Å². The molecule has 1 aromatic carbocycles. The molecule has 3 heterocycles. The van der Waals surface area contributed by atoms with Crippen LogP contribution in [0.2, 0.25) is 0 Å². The number of Topliss-reactive ketones (excluding diaryl/α,β-unsaturated/α-hetero) is 1. The van der Waals surface area contributed by atoms with Crippen LogP contribution in [0.3, 0.4) is 0 Å². The maximum Gasteiger partial charge on any atom is 0.290 e. The van der Waals surface area contributed by atoms with E-state index in [9.17, 15) is 9.59 Å². The van der Waals surface area contributed by atoms with E-state index in [1.807, 2.05) is 30.3 Å². The number of halogens is 1. The topological polar surface area (TPSA) is 69.0 Å². The van der Waals surface area contributed by atoms with Gasteiger partial charge in [0.25, 0.3) is 5.91 Å². The number of nitrogens with zero attached hydrogens (tertiary/aromatic N) is 1. The highest BCUT2D eigenvalue weighted by Crippen LogP contribution is 2.47. The Labute approximate surface area is 179 Å². The zero-order chi connectivity index (χ0) is 20.8. The summed E-state index contributed by atoms with van der Waals surface area (Å²) in [5.41, 5.74) is 1.26. The van der Waals surface area contributed by atoms with Gasteiger partial charge in [-0.1, -0.05) is 12.1 Å². The normalized spacial score (nSPS) is 28.3. The van der Waals surface area contributed by atoms with E-state index in [1.54, 1.807) is 24.3 Å². The van der Waals surface area contributed by atoms with Crippen LogP contribution in [0, 0.1) is 5.92 Å². The molecule has 2 aromatic rings. The Kier molecular flexibility index (Phi) is 4.82. The molecular weight excluding hydrogens is 406 g/mol. The maximum absolute atomic E-state index is 13.6. The summed E-state index contributed by atoms with van der Waals surface area (Å²) in [5.74, 6) is 0.925. The fourth-order valence-corrected chi connectivity index (χ4v) is 5.05. The minimum atomic E-state index is -0.535. The van der Waals surface area contributed by atoms with Gasteiger partial charge in [0.1, 0.15) is 17.6 Å². The summed E-state index contributed by atoms with van der Waals surface area (Å²) < 4.78 is 16.9. The van der Waals surface area contributed by atoms with Crippen LogP contribution in [0.1, 0.15) is 36.6 Å². The lowest BCUT2D eigenvalue weighted by Gasteiger charge is -2.37. The lowest BCUT2D eigenvalue weighted by molar-refractivity contribution is -0.135. The largest absolute Gasteiger partial charge is 0.497 e. The van der Waals surface area contributed by atoms with E-state index in [1.165, 1.54) is 0 Å². The van der Waals surface area contributed by atoms with Gasteiger partial charge in [0.2, 0.25) is 0 Å². The molecule has 156 valence electrons. The first-order valence-corrected chi connectivity index (χ1v) is 10.6. The fraction of sp³-hybridized carbons (Fsp3) is 0.391. The van der Waals surface area contributed by atoms with E-state index < -0.39 is 6.04 Å². The van der Waals surface area contributed by atoms with Crippen molar-refractivity contribution in [3.8, 4) is 5.75 Å². The first-order valence-electron chi connectivity index (χ1n) is 10.1. The second-order valence-electron chi connectivity index (χ2n) is 7.97. The lowest BCUT2D eigenvalue weighted by atomic mass is 9.77. The molecule has 1 amide bonds. The molecule has 1 saturated carbocycles. The maximum atomic E-state index is 13.6. The van der Waals surface area contributed by atoms with E-state index >= 15 is 0 Å². The van der Waals surface area contributed by atoms with Gasteiger partial charge in [-0.25, -0.2) is 0 Å². The highest BCUT2D eigenvalue weighted by molar-refractivity contribution is 6.21. The number of ketones is 1. The summed E-state index contributed by atoms with van der Waals surface area (Å²) in [6, 6.07) is 10.5. The molecule has 30 heavy (non-hydrogen) atoms. The molecule has 4 atom stereocenters. The number of hydrogen-bond acceptors (Lipinski definition) is 5. The third-order valence-corrected chi connectivity index (χ3v) is 6.61. The number of alkyl halides is 1. The van der Waals surface area contributed by atoms with Crippen LogP contribution in [0.15, 0.2) is 58.4 Å². The van der Waals surface area contributed by atoms with Crippen molar-refractivity contribution in [2.45, 2.75) is 43.3 Å². The number of rotatable bonds is 4. The molecule has 4 unspecified atom stereocenters. The molecule has 0 radical (unpaired) electrons. The van der Waals surface area contributed by atoms with Crippen LogP contribution in [-0.2, 0) is 20.9 Å². The number of ether oxygens (including phenoxy) is 2. The van der Waals surface area contributed by atoms with Crippen molar-refractivity contribution >= 4 is 23.3 Å². The molecule has 0 N–H and O–H groups in total. The Balaban J connectivity index is 1.57. The molecule has 2 aliphatic heterocycles. The summed E-state index contributed by atoms with van der Waals surface area (Å²) in [4.78, 5) is 28.6. The summed E-state index contributed by atoms with van der Waals surface area (Å²) in [6.45, 7) is 0.250. The van der Waals surface area contributed by atoms with Crippen molar-refractivity contribution in [3.05, 3.63) is 65.3 Å². The van der Waals surface area contributed by atoms with E-state index in [-0.39, 0.29) is 41.4 Å². The summed E-state index contributed by atoms with van der Waals surface area (Å²) in [6.07, 6.45) is 3.33. The fourth-order valence-electron chi connectivity index (χ4n) is 4.73. The number of benzene rings is 1. The van der Waals surface area contributed by atoms with Crippen LogP contribution < -0.4 is 4.74 Å². The van der Waals surface area contributed by atoms with Crippen LogP contribution in [-0.4, -0.2) is 35.2 Å². The third kappa shape index (κ3) is 3.10. The molecule has 1 aliphatic carbocycles. The monoisotopic (exact) mass is 427 g/mol. The average molecular weight is 428 g/mol. The highest BCUT2D eigenvalue weighted by atomic mass is 35.5. The predicted molar refractivity (Wildman–Crippen MR) is 109 cm³/mol. The van der Waals surface area contributed by atoms with Crippen LogP contribution in [0.5, 0.6) is 5.75 Å². The van der Waals surface area contributed by atoms with Crippen molar-refractivity contribution in [1.29, 1.82) is 0 Å². The highest BCUT2D eigenvalue weighted by Gasteiger charge is 2.52. The number of furan rings is 1. The first-order chi connectivity index (χ1) is 14.6. The smallest absolute Gasteiger partial charge is 0.290 e. The Bertz CT molecular complexity index is 997. The minimum absolute atomic E-state index is 0.0253. The van der Waals surface area contributed by atoms with Gasteiger partial charge in [-0.05, 0) is 49.1 Å². The molecule has 1 aromatic heterocycles. The lowest BCUT2D eigenvalue weighted by Crippen LogP contribution is -2.41. The number of methoxy groups -OCH3 is 1. The van der Waals surface area contributed by atoms with E-state index in [2.05, 4.69) is 0 Å². The summed E-state index contributed by atoms with van der Waals surface area (Å²) in [5, 5.41) is -0.0447. The van der Waals surface area contributed by atoms with Gasteiger partial charge in [-0.2, -0.15) is 0 Å².